The van der Waals surface area contributed by atoms with Gasteiger partial charge in [0, 0.05) is 0 Å². The highest BCUT2D eigenvalue weighted by Crippen LogP contribution is 2.34. The number of carbonyl (C=O) groups is 1. The van der Waals surface area contributed by atoms with Gasteiger partial charge in [0.05, 0.1) is 5.02 Å². The van der Waals surface area contributed by atoms with Gasteiger partial charge in [-0.15, -0.1) is 0 Å². The molecule has 0 heterocycles. The molecule has 0 amide bonds. The monoisotopic (exact) mass is 256 g/mol. The van der Waals surface area contributed by atoms with Crippen molar-refractivity contribution in [1.29, 1.82) is 0 Å². The van der Waals surface area contributed by atoms with E-state index in [9.17, 15) is 13.6 Å². The highest BCUT2D eigenvalue weighted by molar-refractivity contribution is 6.42. The third-order valence-corrected chi connectivity index (χ3v) is 2.20. The van der Waals surface area contributed by atoms with E-state index in [1.165, 1.54) is 12.1 Å². The van der Waals surface area contributed by atoms with E-state index >= 15 is 0 Å². The van der Waals surface area contributed by atoms with Gasteiger partial charge >= 0.3 is 12.1 Å². The summed E-state index contributed by atoms with van der Waals surface area (Å²) >= 11 is 11.0. The SMILES string of the molecule is O=C(O)C(F)(F)Oc1cccc(Cl)c1Cl. The van der Waals surface area contributed by atoms with Gasteiger partial charge in [0.25, 0.3) is 0 Å². The quantitative estimate of drug-likeness (QED) is 0.905. The topological polar surface area (TPSA) is 46.5 Å². The summed E-state index contributed by atoms with van der Waals surface area (Å²) in [5, 5.41) is 7.84. The second kappa shape index (κ2) is 4.20. The van der Waals surface area contributed by atoms with Crippen LogP contribution in [-0.2, 0) is 4.79 Å². The minimum absolute atomic E-state index is 0.00430. The van der Waals surface area contributed by atoms with Crippen LogP contribution in [0.4, 0.5) is 8.78 Å². The molecule has 0 saturated heterocycles. The van der Waals surface area contributed by atoms with Crippen molar-refractivity contribution >= 4 is 29.2 Å². The molecule has 1 rings (SSSR count). The van der Waals surface area contributed by atoms with Crippen LogP contribution >= 0.6 is 23.2 Å². The van der Waals surface area contributed by atoms with Crippen LogP contribution in [0.2, 0.25) is 10.0 Å². The minimum atomic E-state index is -4.34. The van der Waals surface area contributed by atoms with Crippen molar-refractivity contribution in [1.82, 2.24) is 0 Å². The third-order valence-electron chi connectivity index (χ3n) is 1.40. The number of carboxylic acids is 1. The van der Waals surface area contributed by atoms with E-state index in [0.717, 1.165) is 6.07 Å². The molecule has 82 valence electrons. The molecule has 0 aliphatic heterocycles. The fourth-order valence-corrected chi connectivity index (χ4v) is 1.08. The zero-order chi connectivity index (χ0) is 11.6. The Hall–Kier alpha value is -1.07. The van der Waals surface area contributed by atoms with E-state index in [-0.39, 0.29) is 10.0 Å². The molecule has 0 spiro atoms. The molecular formula is C8H4Cl2F2O3. The number of carboxylic acid groups (broad SMARTS) is 1. The fourth-order valence-electron chi connectivity index (χ4n) is 0.745. The Labute approximate surface area is 93.2 Å². The maximum atomic E-state index is 12.6. The molecule has 0 unspecified atom stereocenters. The Morgan fingerprint density at radius 2 is 2.00 bits per heavy atom. The molecule has 1 N–H and O–H groups in total. The molecular weight excluding hydrogens is 253 g/mol. The maximum Gasteiger partial charge on any atom is 0.501 e. The Kier molecular flexibility index (Phi) is 3.36. The first-order valence-electron chi connectivity index (χ1n) is 3.59. The molecule has 7 heteroatoms. The highest BCUT2D eigenvalue weighted by atomic mass is 35.5. The molecule has 0 aliphatic rings. The summed E-state index contributed by atoms with van der Waals surface area (Å²) in [7, 11) is 0. The number of ether oxygens (including phenoxy) is 1. The average molecular weight is 257 g/mol. The van der Waals surface area contributed by atoms with Crippen LogP contribution in [0.5, 0.6) is 5.75 Å². The third kappa shape index (κ3) is 2.70. The molecule has 0 aliphatic carbocycles. The van der Waals surface area contributed by atoms with Crippen molar-refractivity contribution in [3.05, 3.63) is 28.2 Å². The van der Waals surface area contributed by atoms with Gasteiger partial charge in [-0.1, -0.05) is 29.3 Å². The number of benzene rings is 1. The predicted octanol–water partition coefficient (Wildman–Crippen LogP) is 3.05. The van der Waals surface area contributed by atoms with E-state index in [4.69, 9.17) is 28.3 Å². The molecule has 0 bridgehead atoms. The number of halogens is 4. The smallest absolute Gasteiger partial charge is 0.474 e. The number of rotatable bonds is 3. The molecule has 15 heavy (non-hydrogen) atoms. The van der Waals surface area contributed by atoms with Crippen LogP contribution in [0.15, 0.2) is 18.2 Å². The number of alkyl halides is 2. The largest absolute Gasteiger partial charge is 0.501 e. The molecule has 3 nitrogen and oxygen atoms in total. The molecule has 0 aromatic heterocycles. The first kappa shape index (κ1) is 12.0. The first-order valence-corrected chi connectivity index (χ1v) is 4.34. The molecule has 0 saturated carbocycles. The van der Waals surface area contributed by atoms with Crippen LogP contribution in [0.25, 0.3) is 0 Å². The van der Waals surface area contributed by atoms with Gasteiger partial charge in [0.2, 0.25) is 0 Å². The summed E-state index contributed by atoms with van der Waals surface area (Å²) in [5.74, 6) is -2.89. The van der Waals surface area contributed by atoms with Gasteiger partial charge < -0.3 is 9.84 Å². The summed E-state index contributed by atoms with van der Waals surface area (Å²) in [6, 6.07) is 3.75. The van der Waals surface area contributed by atoms with Crippen LogP contribution in [0, 0.1) is 0 Å². The van der Waals surface area contributed by atoms with E-state index in [0.29, 0.717) is 0 Å². The van der Waals surface area contributed by atoms with Crippen LogP contribution < -0.4 is 4.74 Å². The number of hydrogen-bond acceptors (Lipinski definition) is 2. The van der Waals surface area contributed by atoms with Crippen molar-refractivity contribution in [3.8, 4) is 5.75 Å². The lowest BCUT2D eigenvalue weighted by molar-refractivity contribution is -0.210. The van der Waals surface area contributed by atoms with Crippen molar-refractivity contribution < 1.29 is 23.4 Å². The summed E-state index contributed by atoms with van der Waals surface area (Å²) in [6.07, 6.45) is -4.34. The Morgan fingerprint density at radius 3 is 2.53 bits per heavy atom. The highest BCUT2D eigenvalue weighted by Gasteiger charge is 2.42. The van der Waals surface area contributed by atoms with Crippen LogP contribution in [0.3, 0.4) is 0 Å². The lowest BCUT2D eigenvalue weighted by Gasteiger charge is -2.14. The van der Waals surface area contributed by atoms with E-state index in [1.54, 1.807) is 0 Å². The first-order chi connectivity index (χ1) is 6.84. The zero-order valence-corrected chi connectivity index (χ0v) is 8.52. The lowest BCUT2D eigenvalue weighted by atomic mass is 10.3. The second-order valence-corrected chi connectivity index (χ2v) is 3.26. The van der Waals surface area contributed by atoms with Gasteiger partial charge in [0.15, 0.2) is 0 Å². The molecule has 1 aromatic carbocycles. The summed E-state index contributed by atoms with van der Waals surface area (Å²) in [4.78, 5) is 10.1. The Morgan fingerprint density at radius 1 is 1.40 bits per heavy atom. The van der Waals surface area contributed by atoms with Crippen molar-refractivity contribution in [3.63, 3.8) is 0 Å². The zero-order valence-electron chi connectivity index (χ0n) is 7.01. The maximum absolute atomic E-state index is 12.6. The summed E-state index contributed by atoms with van der Waals surface area (Å²) < 4.78 is 29.2. The summed E-state index contributed by atoms with van der Waals surface area (Å²) in [6.45, 7) is 0. The normalized spacial score (nSPS) is 11.2. The van der Waals surface area contributed by atoms with Gasteiger partial charge in [-0.05, 0) is 12.1 Å². The van der Waals surface area contributed by atoms with Crippen LogP contribution in [-0.4, -0.2) is 17.2 Å². The minimum Gasteiger partial charge on any atom is -0.474 e. The van der Waals surface area contributed by atoms with Gasteiger partial charge in [0.1, 0.15) is 10.8 Å². The Bertz CT molecular complexity index is 395. The van der Waals surface area contributed by atoms with Crippen LogP contribution in [0.1, 0.15) is 0 Å². The lowest BCUT2D eigenvalue weighted by Crippen LogP contribution is -2.34. The van der Waals surface area contributed by atoms with Crippen molar-refractivity contribution in [2.24, 2.45) is 0 Å². The number of aliphatic carboxylic acids is 1. The molecule has 0 fully saturated rings. The van der Waals surface area contributed by atoms with Crippen molar-refractivity contribution in [2.75, 3.05) is 0 Å². The van der Waals surface area contributed by atoms with E-state index in [1.807, 2.05) is 0 Å². The predicted molar refractivity (Wildman–Crippen MR) is 49.7 cm³/mol. The van der Waals surface area contributed by atoms with Gasteiger partial charge in [-0.25, -0.2) is 4.79 Å². The fraction of sp³-hybridized carbons (Fsp3) is 0.125. The second-order valence-electron chi connectivity index (χ2n) is 2.48. The summed E-state index contributed by atoms with van der Waals surface area (Å²) in [5.41, 5.74) is 0. The molecule has 0 radical (unpaired) electrons. The number of hydrogen-bond donors (Lipinski definition) is 1. The van der Waals surface area contributed by atoms with Gasteiger partial charge in [-0.3, -0.25) is 0 Å². The van der Waals surface area contributed by atoms with Gasteiger partial charge in [-0.2, -0.15) is 8.78 Å². The van der Waals surface area contributed by atoms with Crippen molar-refractivity contribution in [2.45, 2.75) is 6.11 Å². The van der Waals surface area contributed by atoms with E-state index in [2.05, 4.69) is 4.74 Å². The molecule has 1 aromatic rings. The van der Waals surface area contributed by atoms with E-state index < -0.39 is 17.8 Å². The average Bonchev–Trinajstić information content (AvgIpc) is 2.12. The molecule has 0 atom stereocenters. The Balaban J connectivity index is 3.00. The standard InChI is InChI=1S/C8H4Cl2F2O3/c9-4-2-1-3-5(6(4)10)15-8(11,12)7(13)14/h1-3H,(H,13,14).